The van der Waals surface area contributed by atoms with E-state index in [0.29, 0.717) is 41.6 Å². The Morgan fingerprint density at radius 3 is 2.92 bits per heavy atom. The SMILES string of the molecule is NC(=O)c1cc(-c2cncc(NCCN3CCCC3=O)n2)c(Cl)cn1. The van der Waals surface area contributed by atoms with Gasteiger partial charge in [-0.25, -0.2) is 9.97 Å². The average Bonchev–Trinajstić information content (AvgIpc) is 3.00. The number of primary amides is 1. The van der Waals surface area contributed by atoms with Gasteiger partial charge in [0, 0.05) is 37.8 Å². The van der Waals surface area contributed by atoms with Crippen molar-refractivity contribution in [3.63, 3.8) is 0 Å². The molecule has 9 heteroatoms. The van der Waals surface area contributed by atoms with Crippen molar-refractivity contribution in [1.82, 2.24) is 19.9 Å². The van der Waals surface area contributed by atoms with Gasteiger partial charge in [0.05, 0.1) is 23.1 Å². The number of aromatic nitrogens is 3. The highest BCUT2D eigenvalue weighted by molar-refractivity contribution is 6.33. The van der Waals surface area contributed by atoms with Gasteiger partial charge < -0.3 is 16.0 Å². The predicted octanol–water partition coefficient (Wildman–Crippen LogP) is 1.33. The maximum atomic E-state index is 11.6. The van der Waals surface area contributed by atoms with Gasteiger partial charge in [-0.3, -0.25) is 14.6 Å². The maximum absolute atomic E-state index is 11.6. The fourth-order valence-corrected chi connectivity index (χ4v) is 2.81. The molecule has 130 valence electrons. The summed E-state index contributed by atoms with van der Waals surface area (Å²) in [5, 5.41) is 3.49. The molecule has 2 aromatic heterocycles. The highest BCUT2D eigenvalue weighted by atomic mass is 35.5. The number of halogens is 1. The molecule has 0 spiro atoms. The number of nitrogens with one attached hydrogen (secondary N) is 1. The van der Waals surface area contributed by atoms with Crippen LogP contribution in [0.2, 0.25) is 5.02 Å². The first-order valence-corrected chi connectivity index (χ1v) is 8.22. The molecule has 2 amide bonds. The van der Waals surface area contributed by atoms with E-state index in [4.69, 9.17) is 17.3 Å². The van der Waals surface area contributed by atoms with Crippen LogP contribution < -0.4 is 11.1 Å². The lowest BCUT2D eigenvalue weighted by Gasteiger charge is -2.16. The van der Waals surface area contributed by atoms with Gasteiger partial charge in [-0.05, 0) is 12.5 Å². The quantitative estimate of drug-likeness (QED) is 0.803. The zero-order chi connectivity index (χ0) is 17.8. The maximum Gasteiger partial charge on any atom is 0.267 e. The van der Waals surface area contributed by atoms with Crippen LogP contribution in [0, 0.1) is 0 Å². The summed E-state index contributed by atoms with van der Waals surface area (Å²) in [6.07, 6.45) is 6.02. The number of carbonyl (C=O) groups is 2. The summed E-state index contributed by atoms with van der Waals surface area (Å²) in [6.45, 7) is 1.99. The van der Waals surface area contributed by atoms with Gasteiger partial charge in [-0.1, -0.05) is 11.6 Å². The molecule has 0 atom stereocenters. The molecule has 1 fully saturated rings. The van der Waals surface area contributed by atoms with Crippen LogP contribution in [-0.2, 0) is 4.79 Å². The van der Waals surface area contributed by atoms with Crippen molar-refractivity contribution < 1.29 is 9.59 Å². The number of rotatable bonds is 6. The third-order valence-electron chi connectivity index (χ3n) is 3.88. The molecule has 0 saturated carbocycles. The van der Waals surface area contributed by atoms with E-state index in [2.05, 4.69) is 20.3 Å². The number of anilines is 1. The molecule has 1 aliphatic rings. The number of nitrogens with two attached hydrogens (primary N) is 1. The number of likely N-dealkylation sites (tertiary alicyclic amines) is 1. The summed E-state index contributed by atoms with van der Waals surface area (Å²) in [7, 11) is 0. The summed E-state index contributed by atoms with van der Waals surface area (Å²) < 4.78 is 0. The fourth-order valence-electron chi connectivity index (χ4n) is 2.61. The number of carbonyl (C=O) groups excluding carboxylic acids is 2. The third-order valence-corrected chi connectivity index (χ3v) is 4.18. The Kier molecular flexibility index (Phi) is 5.08. The molecule has 2 aromatic rings. The van der Waals surface area contributed by atoms with Crippen LogP contribution in [-0.4, -0.2) is 51.3 Å². The van der Waals surface area contributed by atoms with Gasteiger partial charge in [0.15, 0.2) is 0 Å². The van der Waals surface area contributed by atoms with Gasteiger partial charge in [-0.15, -0.1) is 0 Å². The number of hydrogen-bond acceptors (Lipinski definition) is 6. The first-order chi connectivity index (χ1) is 12.0. The second-order valence-corrected chi connectivity index (χ2v) is 6.02. The Labute approximate surface area is 149 Å². The molecular formula is C16H17ClN6O2. The van der Waals surface area contributed by atoms with Crippen molar-refractivity contribution in [3.05, 3.63) is 35.4 Å². The van der Waals surface area contributed by atoms with E-state index in [1.165, 1.54) is 12.3 Å². The third kappa shape index (κ3) is 4.03. The molecular weight excluding hydrogens is 344 g/mol. The highest BCUT2D eigenvalue weighted by Gasteiger charge is 2.19. The first-order valence-electron chi connectivity index (χ1n) is 7.84. The Balaban J connectivity index is 1.72. The lowest BCUT2D eigenvalue weighted by Crippen LogP contribution is -2.30. The molecule has 0 aromatic carbocycles. The molecule has 8 nitrogen and oxygen atoms in total. The Bertz CT molecular complexity index is 813. The van der Waals surface area contributed by atoms with Crippen molar-refractivity contribution in [2.45, 2.75) is 12.8 Å². The van der Waals surface area contributed by atoms with Crippen LogP contribution in [0.5, 0.6) is 0 Å². The molecule has 3 N–H and O–H groups in total. The van der Waals surface area contributed by atoms with Crippen LogP contribution in [0.15, 0.2) is 24.7 Å². The van der Waals surface area contributed by atoms with E-state index in [1.807, 2.05) is 4.90 Å². The monoisotopic (exact) mass is 360 g/mol. The molecule has 3 heterocycles. The summed E-state index contributed by atoms with van der Waals surface area (Å²) in [6, 6.07) is 1.49. The minimum absolute atomic E-state index is 0.104. The molecule has 0 radical (unpaired) electrons. The standard InChI is InChI=1S/C16H17ClN6O2/c17-11-7-21-12(16(18)25)6-10(11)13-8-19-9-14(22-13)20-3-5-23-4-1-2-15(23)24/h6-9H,1-5H2,(H2,18,25)(H,20,22). The molecule has 0 bridgehead atoms. The summed E-state index contributed by atoms with van der Waals surface area (Å²) in [5.41, 5.74) is 6.38. The predicted molar refractivity (Wildman–Crippen MR) is 93.1 cm³/mol. The second-order valence-electron chi connectivity index (χ2n) is 5.61. The highest BCUT2D eigenvalue weighted by Crippen LogP contribution is 2.26. The van der Waals surface area contributed by atoms with Gasteiger partial charge in [-0.2, -0.15) is 0 Å². The summed E-state index contributed by atoms with van der Waals surface area (Å²) in [4.78, 5) is 37.2. The Hall–Kier alpha value is -2.74. The average molecular weight is 361 g/mol. The number of hydrogen-bond donors (Lipinski definition) is 2. The van der Waals surface area contributed by atoms with E-state index in [-0.39, 0.29) is 11.6 Å². The largest absolute Gasteiger partial charge is 0.367 e. The zero-order valence-corrected chi connectivity index (χ0v) is 14.2. The fraction of sp³-hybridized carbons (Fsp3) is 0.312. The van der Waals surface area contributed by atoms with Gasteiger partial charge >= 0.3 is 0 Å². The molecule has 0 aliphatic carbocycles. The molecule has 1 saturated heterocycles. The van der Waals surface area contributed by atoms with E-state index in [9.17, 15) is 9.59 Å². The topological polar surface area (TPSA) is 114 Å². The van der Waals surface area contributed by atoms with E-state index < -0.39 is 5.91 Å². The van der Waals surface area contributed by atoms with Crippen LogP contribution in [0.3, 0.4) is 0 Å². The van der Waals surface area contributed by atoms with Gasteiger partial charge in [0.25, 0.3) is 5.91 Å². The van der Waals surface area contributed by atoms with E-state index >= 15 is 0 Å². The molecule has 0 unspecified atom stereocenters. The van der Waals surface area contributed by atoms with Crippen LogP contribution in [0.25, 0.3) is 11.3 Å². The van der Waals surface area contributed by atoms with E-state index in [1.54, 1.807) is 12.4 Å². The summed E-state index contributed by atoms with van der Waals surface area (Å²) in [5.74, 6) is 0.0947. The van der Waals surface area contributed by atoms with Gasteiger partial charge in [0.2, 0.25) is 5.91 Å². The molecule has 25 heavy (non-hydrogen) atoms. The number of pyridine rings is 1. The van der Waals surface area contributed by atoms with Crippen molar-refractivity contribution >= 4 is 29.2 Å². The van der Waals surface area contributed by atoms with Crippen LogP contribution in [0.4, 0.5) is 5.82 Å². The molecule has 3 rings (SSSR count). The van der Waals surface area contributed by atoms with Crippen molar-refractivity contribution in [2.24, 2.45) is 5.73 Å². The second kappa shape index (κ2) is 7.43. The normalized spacial score (nSPS) is 14.0. The minimum Gasteiger partial charge on any atom is -0.367 e. The number of nitrogens with zero attached hydrogens (tertiary/aromatic N) is 4. The first kappa shape index (κ1) is 17.1. The number of amides is 2. The Morgan fingerprint density at radius 1 is 1.36 bits per heavy atom. The van der Waals surface area contributed by atoms with E-state index in [0.717, 1.165) is 13.0 Å². The molecule has 1 aliphatic heterocycles. The van der Waals surface area contributed by atoms with Crippen LogP contribution in [0.1, 0.15) is 23.3 Å². The lowest BCUT2D eigenvalue weighted by atomic mass is 10.1. The van der Waals surface area contributed by atoms with Crippen molar-refractivity contribution in [3.8, 4) is 11.3 Å². The Morgan fingerprint density at radius 2 is 2.20 bits per heavy atom. The zero-order valence-electron chi connectivity index (χ0n) is 13.4. The summed E-state index contributed by atoms with van der Waals surface area (Å²) >= 11 is 6.15. The smallest absolute Gasteiger partial charge is 0.267 e. The van der Waals surface area contributed by atoms with Gasteiger partial charge in [0.1, 0.15) is 11.5 Å². The lowest BCUT2D eigenvalue weighted by molar-refractivity contribution is -0.127. The van der Waals surface area contributed by atoms with Crippen molar-refractivity contribution in [2.75, 3.05) is 25.0 Å². The minimum atomic E-state index is -0.643. The van der Waals surface area contributed by atoms with Crippen LogP contribution >= 0.6 is 11.6 Å². The van der Waals surface area contributed by atoms with Crippen molar-refractivity contribution in [1.29, 1.82) is 0 Å².